The highest BCUT2D eigenvalue weighted by atomic mass is 19.1. The molecular formula is C22H13F3N2O3. The van der Waals surface area contributed by atoms with E-state index in [1.165, 1.54) is 36.7 Å². The molecule has 1 N–H and O–H groups in total. The molecule has 5 nitrogen and oxygen atoms in total. The Balaban J connectivity index is 1.97. The van der Waals surface area contributed by atoms with Gasteiger partial charge in [0.15, 0.2) is 0 Å². The molecule has 1 aliphatic rings. The van der Waals surface area contributed by atoms with Gasteiger partial charge in [-0.15, -0.1) is 0 Å². The van der Waals surface area contributed by atoms with Crippen LogP contribution in [0.15, 0.2) is 72.6 Å². The molecule has 3 aromatic rings. The van der Waals surface area contributed by atoms with Gasteiger partial charge in [0.2, 0.25) is 0 Å². The van der Waals surface area contributed by atoms with Crippen molar-refractivity contribution >= 4 is 23.1 Å². The van der Waals surface area contributed by atoms with Crippen molar-refractivity contribution in [2.45, 2.75) is 6.04 Å². The fourth-order valence-corrected chi connectivity index (χ4v) is 3.38. The molecule has 1 fully saturated rings. The van der Waals surface area contributed by atoms with Gasteiger partial charge >= 0.3 is 0 Å². The maximum absolute atomic E-state index is 14.5. The number of carbonyl (C=O) groups excluding carboxylic acids is 2. The summed E-state index contributed by atoms with van der Waals surface area (Å²) in [7, 11) is 0. The first-order valence-electron chi connectivity index (χ1n) is 8.80. The van der Waals surface area contributed by atoms with Gasteiger partial charge in [-0.2, -0.15) is 0 Å². The number of aromatic nitrogens is 1. The van der Waals surface area contributed by atoms with E-state index in [1.807, 2.05) is 0 Å². The van der Waals surface area contributed by atoms with Crippen LogP contribution in [0.1, 0.15) is 17.2 Å². The third-order valence-electron chi connectivity index (χ3n) is 4.75. The molecule has 1 amide bonds. The van der Waals surface area contributed by atoms with Crippen molar-refractivity contribution in [2.24, 2.45) is 0 Å². The Labute approximate surface area is 168 Å². The van der Waals surface area contributed by atoms with E-state index in [1.54, 1.807) is 0 Å². The Bertz CT molecular complexity index is 1180. The fraction of sp³-hybridized carbons (Fsp3) is 0.0455. The molecule has 4 rings (SSSR count). The van der Waals surface area contributed by atoms with Crippen molar-refractivity contribution in [3.05, 3.63) is 101 Å². The van der Waals surface area contributed by atoms with E-state index in [9.17, 15) is 27.9 Å². The minimum absolute atomic E-state index is 0.217. The van der Waals surface area contributed by atoms with Crippen molar-refractivity contribution in [3.63, 3.8) is 0 Å². The van der Waals surface area contributed by atoms with Crippen molar-refractivity contribution in [2.75, 3.05) is 4.90 Å². The van der Waals surface area contributed by atoms with Gasteiger partial charge in [0.25, 0.3) is 11.7 Å². The van der Waals surface area contributed by atoms with E-state index in [0.717, 1.165) is 29.2 Å². The second-order valence-electron chi connectivity index (χ2n) is 6.55. The highest BCUT2D eigenvalue weighted by Gasteiger charge is 2.47. The zero-order valence-electron chi connectivity index (χ0n) is 15.2. The molecule has 1 atom stereocenters. The molecule has 150 valence electrons. The van der Waals surface area contributed by atoms with E-state index in [0.29, 0.717) is 6.07 Å². The molecule has 0 radical (unpaired) electrons. The summed E-state index contributed by atoms with van der Waals surface area (Å²) in [5.74, 6) is -5.13. The molecule has 8 heteroatoms. The maximum Gasteiger partial charge on any atom is 0.300 e. The van der Waals surface area contributed by atoms with Crippen molar-refractivity contribution in [3.8, 4) is 0 Å². The summed E-state index contributed by atoms with van der Waals surface area (Å²) in [4.78, 5) is 30.3. The zero-order chi connectivity index (χ0) is 21.4. The lowest BCUT2D eigenvalue weighted by molar-refractivity contribution is -0.132. The quantitative estimate of drug-likeness (QED) is 0.401. The monoisotopic (exact) mass is 410 g/mol. The largest absolute Gasteiger partial charge is 0.507 e. The molecule has 1 aromatic heterocycles. The minimum atomic E-state index is -1.25. The molecule has 0 saturated carbocycles. The van der Waals surface area contributed by atoms with E-state index in [2.05, 4.69) is 4.98 Å². The van der Waals surface area contributed by atoms with Crippen LogP contribution < -0.4 is 4.90 Å². The van der Waals surface area contributed by atoms with E-state index < -0.39 is 40.9 Å². The van der Waals surface area contributed by atoms with E-state index in [-0.39, 0.29) is 22.4 Å². The van der Waals surface area contributed by atoms with Gasteiger partial charge in [0.05, 0.1) is 17.3 Å². The van der Waals surface area contributed by atoms with Crippen LogP contribution >= 0.6 is 0 Å². The number of pyridine rings is 1. The van der Waals surface area contributed by atoms with Crippen molar-refractivity contribution < 1.29 is 27.9 Å². The van der Waals surface area contributed by atoms with Crippen LogP contribution in [0.25, 0.3) is 5.76 Å². The van der Waals surface area contributed by atoms with Gasteiger partial charge in [0, 0.05) is 24.0 Å². The Morgan fingerprint density at radius 2 is 1.53 bits per heavy atom. The summed E-state index contributed by atoms with van der Waals surface area (Å²) in [6.45, 7) is 0. The normalized spacial score (nSPS) is 18.1. The minimum Gasteiger partial charge on any atom is -0.507 e. The number of anilines is 1. The van der Waals surface area contributed by atoms with Crippen LogP contribution in [-0.4, -0.2) is 21.8 Å². The summed E-state index contributed by atoms with van der Waals surface area (Å²) >= 11 is 0. The molecule has 1 saturated heterocycles. The number of carbonyl (C=O) groups is 2. The first-order chi connectivity index (χ1) is 14.4. The summed E-state index contributed by atoms with van der Waals surface area (Å²) in [6, 6.07) is 9.04. The van der Waals surface area contributed by atoms with Crippen LogP contribution in [0.5, 0.6) is 0 Å². The van der Waals surface area contributed by atoms with Gasteiger partial charge < -0.3 is 5.11 Å². The summed E-state index contributed by atoms with van der Waals surface area (Å²) in [6.07, 6.45) is 2.77. The highest BCUT2D eigenvalue weighted by Crippen LogP contribution is 2.42. The lowest BCUT2D eigenvalue weighted by atomic mass is 9.95. The van der Waals surface area contributed by atoms with Crippen LogP contribution in [0.2, 0.25) is 0 Å². The zero-order valence-corrected chi connectivity index (χ0v) is 15.2. The van der Waals surface area contributed by atoms with Gasteiger partial charge in [-0.05, 0) is 42.0 Å². The van der Waals surface area contributed by atoms with Gasteiger partial charge in [-0.25, -0.2) is 13.2 Å². The number of hydrogen-bond donors (Lipinski definition) is 1. The second-order valence-corrected chi connectivity index (χ2v) is 6.55. The molecule has 0 aliphatic carbocycles. The first kappa shape index (κ1) is 19.4. The number of benzene rings is 2. The van der Waals surface area contributed by atoms with Crippen LogP contribution in [0, 0.1) is 17.5 Å². The molecule has 30 heavy (non-hydrogen) atoms. The Morgan fingerprint density at radius 1 is 0.900 bits per heavy atom. The number of hydrogen-bond acceptors (Lipinski definition) is 4. The smallest absolute Gasteiger partial charge is 0.300 e. The van der Waals surface area contributed by atoms with Crippen molar-refractivity contribution in [1.82, 2.24) is 4.98 Å². The van der Waals surface area contributed by atoms with Gasteiger partial charge in [-0.3, -0.25) is 19.5 Å². The van der Waals surface area contributed by atoms with Crippen LogP contribution in [-0.2, 0) is 9.59 Å². The third kappa shape index (κ3) is 3.22. The summed E-state index contributed by atoms with van der Waals surface area (Å²) in [5, 5.41) is 10.8. The maximum atomic E-state index is 14.5. The lowest BCUT2D eigenvalue weighted by Gasteiger charge is -2.25. The first-order valence-corrected chi connectivity index (χ1v) is 8.80. The average Bonchev–Trinajstić information content (AvgIpc) is 3.00. The van der Waals surface area contributed by atoms with E-state index >= 15 is 0 Å². The molecule has 1 aliphatic heterocycles. The Hall–Kier alpha value is -3.94. The number of ketones is 1. The average molecular weight is 410 g/mol. The molecule has 0 spiro atoms. The molecule has 2 heterocycles. The summed E-state index contributed by atoms with van der Waals surface area (Å²) in [5.41, 5.74) is -0.173. The lowest BCUT2D eigenvalue weighted by Crippen LogP contribution is -2.30. The third-order valence-corrected chi connectivity index (χ3v) is 4.75. The standard InChI is InChI=1S/C22H13F3N2O3/c23-14-3-1-12(2-4-14)19-18(20(28)13-7-9-26-10-8-13)21(29)22(30)27(19)17-6-5-15(24)11-16(17)25/h1-11,19,28H/b20-18+. The number of amides is 1. The number of Topliss-reactive ketones (excluding diaryl/α,β-unsaturated/α-hetero) is 1. The fourth-order valence-electron chi connectivity index (χ4n) is 3.38. The number of halogens is 3. The number of rotatable bonds is 3. The summed E-state index contributed by atoms with van der Waals surface area (Å²) < 4.78 is 41.4. The molecule has 2 aromatic carbocycles. The van der Waals surface area contributed by atoms with Gasteiger partial charge in [-0.1, -0.05) is 12.1 Å². The highest BCUT2D eigenvalue weighted by molar-refractivity contribution is 6.51. The number of aliphatic hydroxyl groups excluding tert-OH is 1. The van der Waals surface area contributed by atoms with Crippen LogP contribution in [0.3, 0.4) is 0 Å². The van der Waals surface area contributed by atoms with Crippen LogP contribution in [0.4, 0.5) is 18.9 Å². The predicted octanol–water partition coefficient (Wildman–Crippen LogP) is 4.13. The predicted molar refractivity (Wildman–Crippen MR) is 102 cm³/mol. The Morgan fingerprint density at radius 3 is 2.17 bits per heavy atom. The number of aliphatic hydroxyl groups is 1. The topological polar surface area (TPSA) is 70.5 Å². The van der Waals surface area contributed by atoms with E-state index in [4.69, 9.17) is 0 Å². The molecule has 1 unspecified atom stereocenters. The van der Waals surface area contributed by atoms with Crippen molar-refractivity contribution in [1.29, 1.82) is 0 Å². The Kier molecular flexibility index (Phi) is 4.83. The second kappa shape index (κ2) is 7.47. The number of nitrogens with zero attached hydrogens (tertiary/aromatic N) is 2. The SMILES string of the molecule is O=C1C(=O)N(c2ccc(F)cc2F)C(c2ccc(F)cc2)/C1=C(\O)c1ccncc1. The molecular weight excluding hydrogens is 397 g/mol. The molecule has 0 bridgehead atoms. The van der Waals surface area contributed by atoms with Gasteiger partial charge in [0.1, 0.15) is 23.2 Å².